The molecule has 20 heavy (non-hydrogen) atoms. The summed E-state index contributed by atoms with van der Waals surface area (Å²) in [7, 11) is 0. The monoisotopic (exact) mass is 268 g/mol. The number of hydrogen-bond acceptors (Lipinski definition) is 3. The zero-order valence-electron chi connectivity index (χ0n) is 10.7. The van der Waals surface area contributed by atoms with Gasteiger partial charge in [0.25, 0.3) is 11.6 Å². The number of nitro groups is 1. The van der Waals surface area contributed by atoms with E-state index in [1.54, 1.807) is 35.2 Å². The predicted octanol–water partition coefficient (Wildman–Crippen LogP) is 2.80. The van der Waals surface area contributed by atoms with E-state index in [2.05, 4.69) is 0 Å². The molecule has 5 heteroatoms. The summed E-state index contributed by atoms with van der Waals surface area (Å²) in [5.41, 5.74) is 2.22. The molecule has 0 saturated heterocycles. The molecule has 0 fully saturated rings. The number of nitrogens with zero attached hydrogens (tertiary/aromatic N) is 2. The number of amides is 1. The molecule has 0 saturated carbocycles. The first kappa shape index (κ1) is 12.3. The minimum atomic E-state index is -0.441. The van der Waals surface area contributed by atoms with Gasteiger partial charge in [0.2, 0.25) is 0 Å². The van der Waals surface area contributed by atoms with Crippen molar-refractivity contribution in [3.8, 4) is 0 Å². The summed E-state index contributed by atoms with van der Waals surface area (Å²) in [4.78, 5) is 24.5. The molecule has 2 aromatic carbocycles. The van der Waals surface area contributed by atoms with Crippen LogP contribution in [0.4, 0.5) is 11.4 Å². The maximum absolute atomic E-state index is 12.4. The molecule has 0 N–H and O–H groups in total. The summed E-state index contributed by atoms with van der Waals surface area (Å²) in [6.07, 6.45) is 0.728. The average molecular weight is 268 g/mol. The predicted molar refractivity (Wildman–Crippen MR) is 74.9 cm³/mol. The maximum Gasteiger partial charge on any atom is 0.271 e. The van der Waals surface area contributed by atoms with Gasteiger partial charge in [-0.1, -0.05) is 24.3 Å². The summed E-state index contributed by atoms with van der Waals surface area (Å²) in [6.45, 7) is 0.560. The van der Waals surface area contributed by atoms with Gasteiger partial charge in [0.1, 0.15) is 0 Å². The molecule has 0 bridgehead atoms. The van der Waals surface area contributed by atoms with Crippen LogP contribution in [0.25, 0.3) is 0 Å². The van der Waals surface area contributed by atoms with Gasteiger partial charge in [0.05, 0.1) is 10.6 Å². The van der Waals surface area contributed by atoms with E-state index in [9.17, 15) is 14.9 Å². The van der Waals surface area contributed by atoms with Gasteiger partial charge >= 0.3 is 0 Å². The van der Waals surface area contributed by atoms with Crippen molar-refractivity contribution in [2.24, 2.45) is 0 Å². The standard InChI is InChI=1S/C15H12N2O3/c18-15(12-4-2-1-3-5-12)16-9-8-11-6-7-13(17(19)20)10-14(11)16/h1-7,10H,8-9H2. The highest BCUT2D eigenvalue weighted by atomic mass is 16.6. The van der Waals surface area contributed by atoms with Crippen LogP contribution in [0, 0.1) is 10.1 Å². The Morgan fingerprint density at radius 3 is 2.60 bits per heavy atom. The average Bonchev–Trinajstić information content (AvgIpc) is 2.90. The van der Waals surface area contributed by atoms with Gasteiger partial charge in [0, 0.05) is 24.2 Å². The van der Waals surface area contributed by atoms with Crippen LogP contribution in [-0.4, -0.2) is 17.4 Å². The van der Waals surface area contributed by atoms with Gasteiger partial charge in [-0.05, 0) is 24.1 Å². The Morgan fingerprint density at radius 1 is 1.15 bits per heavy atom. The van der Waals surface area contributed by atoms with Gasteiger partial charge in [-0.15, -0.1) is 0 Å². The Hall–Kier alpha value is -2.69. The normalized spacial score (nSPS) is 13.1. The third kappa shape index (κ3) is 2.03. The third-order valence-electron chi connectivity index (χ3n) is 3.44. The fourth-order valence-electron chi connectivity index (χ4n) is 2.43. The second-order valence-electron chi connectivity index (χ2n) is 4.64. The molecule has 1 aliphatic rings. The van der Waals surface area contributed by atoms with Crippen molar-refractivity contribution in [2.45, 2.75) is 6.42 Å². The second kappa shape index (κ2) is 4.77. The largest absolute Gasteiger partial charge is 0.308 e. The first-order chi connectivity index (χ1) is 9.66. The van der Waals surface area contributed by atoms with Crippen molar-refractivity contribution in [3.05, 3.63) is 69.8 Å². The third-order valence-corrected chi connectivity index (χ3v) is 3.44. The van der Waals surface area contributed by atoms with Crippen LogP contribution in [0.1, 0.15) is 15.9 Å². The van der Waals surface area contributed by atoms with E-state index in [-0.39, 0.29) is 11.6 Å². The lowest BCUT2D eigenvalue weighted by Crippen LogP contribution is -2.28. The number of nitro benzene ring substituents is 1. The van der Waals surface area contributed by atoms with E-state index >= 15 is 0 Å². The van der Waals surface area contributed by atoms with Gasteiger partial charge in [-0.25, -0.2) is 0 Å². The summed E-state index contributed by atoms with van der Waals surface area (Å²) < 4.78 is 0. The van der Waals surface area contributed by atoms with Crippen LogP contribution in [0.2, 0.25) is 0 Å². The van der Waals surface area contributed by atoms with Crippen molar-refractivity contribution in [1.82, 2.24) is 0 Å². The van der Waals surface area contributed by atoms with E-state index in [1.165, 1.54) is 12.1 Å². The van der Waals surface area contributed by atoms with Crippen LogP contribution in [-0.2, 0) is 6.42 Å². The Morgan fingerprint density at radius 2 is 1.90 bits per heavy atom. The quantitative estimate of drug-likeness (QED) is 0.621. The van der Waals surface area contributed by atoms with E-state index in [0.29, 0.717) is 17.8 Å². The molecule has 100 valence electrons. The number of fused-ring (bicyclic) bond motifs is 1. The highest BCUT2D eigenvalue weighted by Gasteiger charge is 2.27. The molecule has 2 aromatic rings. The van der Waals surface area contributed by atoms with Crippen LogP contribution in [0.15, 0.2) is 48.5 Å². The number of non-ortho nitro benzene ring substituents is 1. The fourth-order valence-corrected chi connectivity index (χ4v) is 2.43. The number of anilines is 1. The van der Waals surface area contributed by atoms with Crippen LogP contribution in [0.3, 0.4) is 0 Å². The van der Waals surface area contributed by atoms with Crippen LogP contribution >= 0.6 is 0 Å². The number of rotatable bonds is 2. The molecule has 0 unspecified atom stereocenters. The van der Waals surface area contributed by atoms with Gasteiger partial charge in [-0.3, -0.25) is 14.9 Å². The minimum absolute atomic E-state index is 0.0107. The number of hydrogen-bond donors (Lipinski definition) is 0. The number of carbonyl (C=O) groups excluding carboxylic acids is 1. The molecule has 1 amide bonds. The Balaban J connectivity index is 1.98. The summed E-state index contributed by atoms with van der Waals surface area (Å²) >= 11 is 0. The van der Waals surface area contributed by atoms with Gasteiger partial charge in [0.15, 0.2) is 0 Å². The second-order valence-corrected chi connectivity index (χ2v) is 4.64. The Bertz CT molecular complexity index is 683. The van der Waals surface area contributed by atoms with E-state index in [1.807, 2.05) is 6.07 Å². The zero-order chi connectivity index (χ0) is 14.1. The van der Waals surface area contributed by atoms with E-state index in [4.69, 9.17) is 0 Å². The molecule has 0 radical (unpaired) electrons. The molecule has 0 atom stereocenters. The molecule has 3 rings (SSSR count). The molecule has 0 spiro atoms. The summed E-state index contributed by atoms with van der Waals surface area (Å²) in [6, 6.07) is 13.6. The highest BCUT2D eigenvalue weighted by molar-refractivity contribution is 6.07. The van der Waals surface area contributed by atoms with E-state index < -0.39 is 4.92 Å². The Labute approximate surface area is 115 Å². The lowest BCUT2D eigenvalue weighted by molar-refractivity contribution is -0.384. The van der Waals surface area contributed by atoms with Crippen molar-refractivity contribution in [1.29, 1.82) is 0 Å². The molecular formula is C15H12N2O3. The molecule has 0 aliphatic carbocycles. The van der Waals surface area contributed by atoms with Crippen LogP contribution < -0.4 is 4.90 Å². The fraction of sp³-hybridized carbons (Fsp3) is 0.133. The molecule has 0 aromatic heterocycles. The maximum atomic E-state index is 12.4. The molecular weight excluding hydrogens is 256 g/mol. The molecule has 5 nitrogen and oxygen atoms in total. The molecule has 1 heterocycles. The van der Waals surface area contributed by atoms with Gasteiger partial charge in [-0.2, -0.15) is 0 Å². The smallest absolute Gasteiger partial charge is 0.271 e. The number of benzene rings is 2. The zero-order valence-corrected chi connectivity index (χ0v) is 10.7. The van der Waals surface area contributed by atoms with E-state index in [0.717, 1.165) is 12.0 Å². The Kier molecular flexibility index (Phi) is 2.95. The van der Waals surface area contributed by atoms with Crippen molar-refractivity contribution < 1.29 is 9.72 Å². The first-order valence-corrected chi connectivity index (χ1v) is 6.31. The highest BCUT2D eigenvalue weighted by Crippen LogP contribution is 2.32. The van der Waals surface area contributed by atoms with Crippen molar-refractivity contribution >= 4 is 17.3 Å². The summed E-state index contributed by atoms with van der Waals surface area (Å²) in [5.74, 6) is -0.121. The topological polar surface area (TPSA) is 63.5 Å². The van der Waals surface area contributed by atoms with Gasteiger partial charge < -0.3 is 4.90 Å². The molecule has 1 aliphatic heterocycles. The lowest BCUT2D eigenvalue weighted by atomic mass is 10.1. The number of carbonyl (C=O) groups is 1. The SMILES string of the molecule is O=C(c1ccccc1)N1CCc2ccc([N+](=O)[O-])cc21. The summed E-state index contributed by atoms with van der Waals surface area (Å²) in [5, 5.41) is 10.8. The first-order valence-electron chi connectivity index (χ1n) is 6.31. The lowest BCUT2D eigenvalue weighted by Gasteiger charge is -2.17. The van der Waals surface area contributed by atoms with Crippen molar-refractivity contribution in [2.75, 3.05) is 11.4 Å². The minimum Gasteiger partial charge on any atom is -0.308 e. The van der Waals surface area contributed by atoms with Crippen molar-refractivity contribution in [3.63, 3.8) is 0 Å². The van der Waals surface area contributed by atoms with Crippen LogP contribution in [0.5, 0.6) is 0 Å².